The molecule has 3 rings (SSSR count). The third-order valence-corrected chi connectivity index (χ3v) is 4.26. The number of carboxylic acids is 1. The summed E-state index contributed by atoms with van der Waals surface area (Å²) in [6, 6.07) is 7.62. The number of carboxylic acid groups (broad SMARTS) is 1. The van der Waals surface area contributed by atoms with Crippen LogP contribution in [0.25, 0.3) is 10.9 Å². The van der Waals surface area contributed by atoms with Crippen LogP contribution in [0.5, 0.6) is 0 Å². The molecule has 21 heavy (non-hydrogen) atoms. The highest BCUT2D eigenvalue weighted by atomic mass is 32.2. The van der Waals surface area contributed by atoms with Crippen molar-refractivity contribution in [2.24, 2.45) is 7.05 Å². The van der Waals surface area contributed by atoms with E-state index in [1.165, 1.54) is 18.1 Å². The lowest BCUT2D eigenvalue weighted by molar-refractivity contribution is 0.0692. The minimum absolute atomic E-state index is 0.213. The fourth-order valence-electron chi connectivity index (χ4n) is 2.15. The number of hydrogen-bond donors (Lipinski definition) is 1. The zero-order chi connectivity index (χ0) is 15.0. The number of hydrogen-bond acceptors (Lipinski definition) is 5. The van der Waals surface area contributed by atoms with Gasteiger partial charge in [0.25, 0.3) is 0 Å². The van der Waals surface area contributed by atoms with Crippen LogP contribution in [0, 0.1) is 6.92 Å². The summed E-state index contributed by atoms with van der Waals surface area (Å²) in [5.74, 6) is -0.985. The van der Waals surface area contributed by atoms with Crippen LogP contribution in [-0.4, -0.2) is 30.8 Å². The molecular formula is C14H12N4O2S. The number of benzene rings is 1. The number of para-hydroxylation sites is 1. The fourth-order valence-corrected chi connectivity index (χ4v) is 3.23. The van der Waals surface area contributed by atoms with Gasteiger partial charge in [0.2, 0.25) is 0 Å². The molecule has 1 aromatic carbocycles. The second kappa shape index (κ2) is 5.17. The molecule has 0 atom stereocenters. The van der Waals surface area contributed by atoms with E-state index < -0.39 is 5.97 Å². The Hall–Kier alpha value is -2.41. The first kappa shape index (κ1) is 13.6. The lowest BCUT2D eigenvalue weighted by Crippen LogP contribution is -2.01. The Labute approximate surface area is 124 Å². The van der Waals surface area contributed by atoms with Gasteiger partial charge in [0, 0.05) is 12.4 Å². The summed E-state index contributed by atoms with van der Waals surface area (Å²) in [5, 5.41) is 15.7. The van der Waals surface area contributed by atoms with Crippen molar-refractivity contribution in [3.63, 3.8) is 0 Å². The van der Waals surface area contributed by atoms with Crippen molar-refractivity contribution >= 4 is 28.6 Å². The van der Waals surface area contributed by atoms with Crippen LogP contribution >= 0.6 is 11.8 Å². The lowest BCUT2D eigenvalue weighted by atomic mass is 10.2. The largest absolute Gasteiger partial charge is 0.478 e. The summed E-state index contributed by atoms with van der Waals surface area (Å²) >= 11 is 1.29. The average molecular weight is 300 g/mol. The van der Waals surface area contributed by atoms with E-state index in [2.05, 4.69) is 15.1 Å². The number of aromatic carboxylic acids is 1. The van der Waals surface area contributed by atoms with Gasteiger partial charge in [-0.3, -0.25) is 4.68 Å². The standard InChI is InChI=1S/C14H12N4O2S/c1-8-11(14(19)20)13(18(2)17-8)21-12-9-5-3-4-6-10(9)15-7-16-12/h3-7H,1-2H3,(H,19,20). The molecule has 2 aromatic heterocycles. The molecule has 0 radical (unpaired) electrons. The molecule has 0 aliphatic carbocycles. The summed E-state index contributed by atoms with van der Waals surface area (Å²) in [7, 11) is 1.73. The highest BCUT2D eigenvalue weighted by Crippen LogP contribution is 2.33. The number of rotatable bonds is 3. The van der Waals surface area contributed by atoms with Gasteiger partial charge in [-0.15, -0.1) is 0 Å². The van der Waals surface area contributed by atoms with Gasteiger partial charge in [-0.1, -0.05) is 18.2 Å². The smallest absolute Gasteiger partial charge is 0.340 e. The van der Waals surface area contributed by atoms with E-state index in [1.54, 1.807) is 18.7 Å². The molecule has 0 saturated heterocycles. The monoisotopic (exact) mass is 300 g/mol. The lowest BCUT2D eigenvalue weighted by Gasteiger charge is -2.05. The van der Waals surface area contributed by atoms with Crippen molar-refractivity contribution in [1.82, 2.24) is 19.7 Å². The maximum atomic E-state index is 11.4. The Kier molecular flexibility index (Phi) is 3.34. The van der Waals surface area contributed by atoms with Gasteiger partial charge in [-0.25, -0.2) is 14.8 Å². The van der Waals surface area contributed by atoms with E-state index in [-0.39, 0.29) is 5.56 Å². The molecule has 0 amide bonds. The van der Waals surface area contributed by atoms with E-state index in [1.807, 2.05) is 24.3 Å². The predicted octanol–water partition coefficient (Wildman–Crippen LogP) is 2.52. The van der Waals surface area contributed by atoms with Crippen molar-refractivity contribution in [2.45, 2.75) is 17.0 Å². The molecule has 7 heteroatoms. The van der Waals surface area contributed by atoms with Crippen LogP contribution in [0.2, 0.25) is 0 Å². The molecule has 0 fully saturated rings. The third-order valence-electron chi connectivity index (χ3n) is 3.08. The molecule has 6 nitrogen and oxygen atoms in total. The minimum atomic E-state index is -0.985. The third kappa shape index (κ3) is 2.36. The van der Waals surface area contributed by atoms with Crippen LogP contribution in [0.4, 0.5) is 0 Å². The van der Waals surface area contributed by atoms with Crippen LogP contribution in [-0.2, 0) is 7.05 Å². The summed E-state index contributed by atoms with van der Waals surface area (Å²) in [6.45, 7) is 1.69. The predicted molar refractivity (Wildman–Crippen MR) is 78.6 cm³/mol. The van der Waals surface area contributed by atoms with Gasteiger partial charge in [0.15, 0.2) is 0 Å². The van der Waals surface area contributed by atoms with Gasteiger partial charge >= 0.3 is 5.97 Å². The second-order valence-corrected chi connectivity index (χ2v) is 5.47. The van der Waals surface area contributed by atoms with Crippen molar-refractivity contribution < 1.29 is 9.90 Å². The minimum Gasteiger partial charge on any atom is -0.478 e. The average Bonchev–Trinajstić information content (AvgIpc) is 2.73. The van der Waals surface area contributed by atoms with Crippen molar-refractivity contribution in [1.29, 1.82) is 0 Å². The number of carbonyl (C=O) groups is 1. The SMILES string of the molecule is Cc1nn(C)c(Sc2ncnc3ccccc23)c1C(=O)O. The summed E-state index contributed by atoms with van der Waals surface area (Å²) in [6.07, 6.45) is 1.48. The zero-order valence-electron chi connectivity index (χ0n) is 11.4. The van der Waals surface area contributed by atoms with Crippen LogP contribution in [0.3, 0.4) is 0 Å². The Morgan fingerprint density at radius 2 is 2.05 bits per heavy atom. The number of fused-ring (bicyclic) bond motifs is 1. The molecule has 106 valence electrons. The molecule has 3 aromatic rings. The first-order chi connectivity index (χ1) is 10.1. The highest BCUT2D eigenvalue weighted by Gasteiger charge is 2.21. The van der Waals surface area contributed by atoms with Crippen molar-refractivity contribution in [3.05, 3.63) is 41.9 Å². The molecule has 1 N–H and O–H groups in total. The van der Waals surface area contributed by atoms with Crippen LogP contribution < -0.4 is 0 Å². The Morgan fingerprint density at radius 3 is 2.81 bits per heavy atom. The molecule has 0 spiro atoms. The Morgan fingerprint density at radius 1 is 1.29 bits per heavy atom. The first-order valence-corrected chi connectivity index (χ1v) is 7.04. The van der Waals surface area contributed by atoms with Crippen LogP contribution in [0.15, 0.2) is 40.6 Å². The molecular weight excluding hydrogens is 288 g/mol. The molecule has 0 aliphatic rings. The normalized spacial score (nSPS) is 11.0. The van der Waals surface area contributed by atoms with Crippen molar-refractivity contribution in [2.75, 3.05) is 0 Å². The van der Waals surface area contributed by atoms with E-state index in [0.717, 1.165) is 10.9 Å². The molecule has 0 saturated carbocycles. The van der Waals surface area contributed by atoms with Gasteiger partial charge < -0.3 is 5.11 Å². The topological polar surface area (TPSA) is 80.9 Å². The van der Waals surface area contributed by atoms with Crippen LogP contribution in [0.1, 0.15) is 16.1 Å². The summed E-state index contributed by atoms with van der Waals surface area (Å²) < 4.78 is 1.57. The Balaban J connectivity index is 2.14. The number of aryl methyl sites for hydroxylation is 2. The molecule has 2 heterocycles. The quantitative estimate of drug-likeness (QED) is 0.749. The zero-order valence-corrected chi connectivity index (χ0v) is 12.3. The fraction of sp³-hybridized carbons (Fsp3) is 0.143. The highest BCUT2D eigenvalue weighted by molar-refractivity contribution is 7.99. The number of nitrogens with zero attached hydrogens (tertiary/aromatic N) is 4. The number of aromatic nitrogens is 4. The van der Waals surface area contributed by atoms with E-state index in [9.17, 15) is 9.90 Å². The van der Waals surface area contributed by atoms with E-state index in [0.29, 0.717) is 15.7 Å². The maximum absolute atomic E-state index is 11.4. The first-order valence-electron chi connectivity index (χ1n) is 6.22. The Bertz CT molecular complexity index is 839. The van der Waals surface area contributed by atoms with Gasteiger partial charge in [-0.05, 0) is 24.8 Å². The van der Waals surface area contributed by atoms with Gasteiger partial charge in [-0.2, -0.15) is 5.10 Å². The maximum Gasteiger partial charge on any atom is 0.340 e. The second-order valence-electron chi connectivity index (χ2n) is 4.49. The summed E-state index contributed by atoms with van der Waals surface area (Å²) in [4.78, 5) is 19.9. The van der Waals surface area contributed by atoms with Crippen molar-refractivity contribution in [3.8, 4) is 0 Å². The molecule has 0 aliphatic heterocycles. The van der Waals surface area contributed by atoms with E-state index >= 15 is 0 Å². The van der Waals surface area contributed by atoms with Gasteiger partial charge in [0.05, 0.1) is 11.2 Å². The van der Waals surface area contributed by atoms with Gasteiger partial charge in [0.1, 0.15) is 21.9 Å². The van der Waals surface area contributed by atoms with E-state index in [4.69, 9.17) is 0 Å². The molecule has 0 bridgehead atoms. The summed E-state index contributed by atoms with van der Waals surface area (Å²) in [5.41, 5.74) is 1.53. The molecule has 0 unspecified atom stereocenters.